The maximum Gasteiger partial charge on any atom is 0.0584 e. The third-order valence-corrected chi connectivity index (χ3v) is 4.08. The Morgan fingerprint density at radius 3 is 2.74 bits per heavy atom. The van der Waals surface area contributed by atoms with Gasteiger partial charge in [0.1, 0.15) is 0 Å². The molecule has 0 unspecified atom stereocenters. The van der Waals surface area contributed by atoms with Gasteiger partial charge < -0.3 is 5.73 Å². The molecule has 0 amide bonds. The zero-order valence-corrected chi connectivity index (χ0v) is 12.4. The van der Waals surface area contributed by atoms with Gasteiger partial charge in [-0.15, -0.1) is 11.3 Å². The summed E-state index contributed by atoms with van der Waals surface area (Å²) in [5.41, 5.74) is 7.99. The van der Waals surface area contributed by atoms with Gasteiger partial charge in [0, 0.05) is 36.8 Å². The average molecular weight is 275 g/mol. The molecule has 0 aliphatic heterocycles. The first-order valence-corrected chi connectivity index (χ1v) is 7.48. The van der Waals surface area contributed by atoms with E-state index in [9.17, 15) is 0 Å². The topological polar surface area (TPSA) is 42.2 Å². The van der Waals surface area contributed by atoms with Crippen LogP contribution in [0.3, 0.4) is 0 Å². The smallest absolute Gasteiger partial charge is 0.0584 e. The number of hydrogen-bond donors (Lipinski definition) is 1. The van der Waals surface area contributed by atoms with Crippen LogP contribution in [0.15, 0.2) is 35.8 Å². The lowest BCUT2D eigenvalue weighted by Gasteiger charge is -2.26. The van der Waals surface area contributed by atoms with E-state index in [1.807, 2.05) is 23.6 Å². The highest BCUT2D eigenvalue weighted by molar-refractivity contribution is 7.09. The number of nitrogens with two attached hydrogens (primary N) is 1. The molecule has 3 nitrogen and oxygen atoms in total. The van der Waals surface area contributed by atoms with E-state index in [1.54, 1.807) is 0 Å². The lowest BCUT2D eigenvalue weighted by atomic mass is 10.1. The Kier molecular flexibility index (Phi) is 5.07. The quantitative estimate of drug-likeness (QED) is 0.881. The van der Waals surface area contributed by atoms with E-state index >= 15 is 0 Å². The van der Waals surface area contributed by atoms with Crippen molar-refractivity contribution in [3.8, 4) is 0 Å². The molecule has 0 atom stereocenters. The van der Waals surface area contributed by atoms with Gasteiger partial charge in [0.15, 0.2) is 0 Å². The summed E-state index contributed by atoms with van der Waals surface area (Å²) < 4.78 is 0. The minimum atomic E-state index is 0.493. The third kappa shape index (κ3) is 3.86. The van der Waals surface area contributed by atoms with E-state index < -0.39 is 0 Å². The summed E-state index contributed by atoms with van der Waals surface area (Å²) >= 11 is 1.81. The standard InChI is InChI=1S/C15H21N3S/c1-12(2)18(11-14-6-4-8-19-14)10-13-5-3-7-17-15(13)9-16/h3-8,12H,9-11,16H2,1-2H3. The molecule has 0 aliphatic rings. The number of thiophene rings is 1. The molecular formula is C15H21N3S. The van der Waals surface area contributed by atoms with Gasteiger partial charge in [0.05, 0.1) is 5.69 Å². The minimum Gasteiger partial charge on any atom is -0.325 e. The summed E-state index contributed by atoms with van der Waals surface area (Å²) in [6.07, 6.45) is 1.81. The zero-order valence-electron chi connectivity index (χ0n) is 11.5. The summed E-state index contributed by atoms with van der Waals surface area (Å²) in [6, 6.07) is 8.89. The maximum absolute atomic E-state index is 5.76. The summed E-state index contributed by atoms with van der Waals surface area (Å²) in [7, 11) is 0. The molecule has 2 heterocycles. The lowest BCUT2D eigenvalue weighted by Crippen LogP contribution is -2.30. The van der Waals surface area contributed by atoms with Gasteiger partial charge in [0.2, 0.25) is 0 Å². The predicted octanol–water partition coefficient (Wildman–Crippen LogP) is 3.01. The fourth-order valence-corrected chi connectivity index (χ4v) is 2.77. The first-order chi connectivity index (χ1) is 9.20. The Hall–Kier alpha value is -1.23. The molecule has 102 valence electrons. The van der Waals surface area contributed by atoms with Crippen molar-refractivity contribution in [2.75, 3.05) is 0 Å². The van der Waals surface area contributed by atoms with Crippen molar-refractivity contribution >= 4 is 11.3 Å². The highest BCUT2D eigenvalue weighted by atomic mass is 32.1. The molecule has 4 heteroatoms. The van der Waals surface area contributed by atoms with Gasteiger partial charge in [0.25, 0.3) is 0 Å². The second-order valence-corrected chi connectivity index (χ2v) is 5.92. The molecule has 19 heavy (non-hydrogen) atoms. The molecule has 2 aromatic heterocycles. The van der Waals surface area contributed by atoms with E-state index in [0.717, 1.165) is 18.8 Å². The van der Waals surface area contributed by atoms with E-state index in [0.29, 0.717) is 12.6 Å². The van der Waals surface area contributed by atoms with Gasteiger partial charge in [-0.05, 0) is 36.9 Å². The molecule has 0 aliphatic carbocycles. The molecule has 0 spiro atoms. The largest absolute Gasteiger partial charge is 0.325 e. The van der Waals surface area contributed by atoms with Crippen LogP contribution in [0.2, 0.25) is 0 Å². The predicted molar refractivity (Wildman–Crippen MR) is 80.8 cm³/mol. The van der Waals surface area contributed by atoms with E-state index in [4.69, 9.17) is 5.73 Å². The van der Waals surface area contributed by atoms with E-state index in [1.165, 1.54) is 10.4 Å². The van der Waals surface area contributed by atoms with Crippen LogP contribution in [-0.4, -0.2) is 15.9 Å². The van der Waals surface area contributed by atoms with Crippen LogP contribution in [0.5, 0.6) is 0 Å². The molecular weight excluding hydrogens is 254 g/mol. The van der Waals surface area contributed by atoms with Gasteiger partial charge in [-0.1, -0.05) is 12.1 Å². The van der Waals surface area contributed by atoms with Crippen LogP contribution in [0, 0.1) is 0 Å². The van der Waals surface area contributed by atoms with Crippen LogP contribution < -0.4 is 5.73 Å². The van der Waals surface area contributed by atoms with Crippen molar-refractivity contribution in [3.63, 3.8) is 0 Å². The van der Waals surface area contributed by atoms with Crippen molar-refractivity contribution in [2.24, 2.45) is 5.73 Å². The Morgan fingerprint density at radius 2 is 2.11 bits per heavy atom. The minimum absolute atomic E-state index is 0.493. The fourth-order valence-electron chi connectivity index (χ4n) is 2.04. The number of nitrogens with zero attached hydrogens (tertiary/aromatic N) is 2. The fraction of sp³-hybridized carbons (Fsp3) is 0.400. The first kappa shape index (κ1) is 14.2. The Morgan fingerprint density at radius 1 is 1.26 bits per heavy atom. The van der Waals surface area contributed by atoms with Gasteiger partial charge in [-0.25, -0.2) is 0 Å². The lowest BCUT2D eigenvalue weighted by molar-refractivity contribution is 0.205. The van der Waals surface area contributed by atoms with Crippen molar-refractivity contribution < 1.29 is 0 Å². The summed E-state index contributed by atoms with van der Waals surface area (Å²) in [6.45, 7) is 6.84. The molecule has 0 saturated carbocycles. The second kappa shape index (κ2) is 6.80. The molecule has 0 fully saturated rings. The molecule has 0 aromatic carbocycles. The van der Waals surface area contributed by atoms with E-state index in [2.05, 4.69) is 47.3 Å². The highest BCUT2D eigenvalue weighted by Gasteiger charge is 2.13. The average Bonchev–Trinajstić information content (AvgIpc) is 2.91. The Balaban J connectivity index is 2.12. The molecule has 0 saturated heterocycles. The molecule has 2 rings (SSSR count). The second-order valence-electron chi connectivity index (χ2n) is 4.89. The van der Waals surface area contributed by atoms with Crippen LogP contribution in [-0.2, 0) is 19.6 Å². The molecule has 0 bridgehead atoms. The Bertz CT molecular complexity index is 494. The zero-order chi connectivity index (χ0) is 13.7. The first-order valence-electron chi connectivity index (χ1n) is 6.60. The van der Waals surface area contributed by atoms with Crippen molar-refractivity contribution in [1.29, 1.82) is 0 Å². The van der Waals surface area contributed by atoms with Crippen LogP contribution >= 0.6 is 11.3 Å². The normalized spacial score (nSPS) is 11.4. The highest BCUT2D eigenvalue weighted by Crippen LogP contribution is 2.17. The molecule has 0 radical (unpaired) electrons. The molecule has 2 aromatic rings. The SMILES string of the molecule is CC(C)N(Cc1cccs1)Cc1cccnc1CN. The van der Waals surface area contributed by atoms with E-state index in [-0.39, 0.29) is 0 Å². The van der Waals surface area contributed by atoms with Gasteiger partial charge in [-0.3, -0.25) is 9.88 Å². The number of aromatic nitrogens is 1. The maximum atomic E-state index is 5.76. The van der Waals surface area contributed by atoms with Crippen molar-refractivity contribution in [2.45, 2.75) is 39.5 Å². The van der Waals surface area contributed by atoms with Crippen LogP contribution in [0.1, 0.15) is 30.0 Å². The van der Waals surface area contributed by atoms with Crippen LogP contribution in [0.25, 0.3) is 0 Å². The van der Waals surface area contributed by atoms with Gasteiger partial charge in [-0.2, -0.15) is 0 Å². The number of rotatable bonds is 6. The molecule has 2 N–H and O–H groups in total. The van der Waals surface area contributed by atoms with Gasteiger partial charge >= 0.3 is 0 Å². The monoisotopic (exact) mass is 275 g/mol. The number of hydrogen-bond acceptors (Lipinski definition) is 4. The van der Waals surface area contributed by atoms with Crippen molar-refractivity contribution in [1.82, 2.24) is 9.88 Å². The Labute approximate surface area is 119 Å². The summed E-state index contributed by atoms with van der Waals surface area (Å²) in [4.78, 5) is 8.20. The summed E-state index contributed by atoms with van der Waals surface area (Å²) in [5.74, 6) is 0. The van der Waals surface area contributed by atoms with Crippen molar-refractivity contribution in [3.05, 3.63) is 52.0 Å². The number of pyridine rings is 1. The van der Waals surface area contributed by atoms with Crippen LogP contribution in [0.4, 0.5) is 0 Å². The third-order valence-electron chi connectivity index (χ3n) is 3.22. The summed E-state index contributed by atoms with van der Waals surface area (Å²) in [5, 5.41) is 2.13.